The lowest BCUT2D eigenvalue weighted by molar-refractivity contribution is 0.0525. The van der Waals surface area contributed by atoms with Gasteiger partial charge in [0.1, 0.15) is 11.4 Å². The Bertz CT molecular complexity index is 763. The Labute approximate surface area is 153 Å². The van der Waals surface area contributed by atoms with E-state index >= 15 is 0 Å². The van der Waals surface area contributed by atoms with Crippen molar-refractivity contribution in [3.63, 3.8) is 0 Å². The van der Waals surface area contributed by atoms with Gasteiger partial charge in [-0.05, 0) is 13.8 Å². The lowest BCUT2D eigenvalue weighted by Gasteiger charge is -2.32. The molecular weight excluding hydrogens is 358 g/mol. The third kappa shape index (κ3) is 4.07. The number of rotatable bonds is 4. The van der Waals surface area contributed by atoms with Gasteiger partial charge in [-0.3, -0.25) is 0 Å². The number of nitrogens with one attached hydrogen (secondary N) is 1. The van der Waals surface area contributed by atoms with Crippen molar-refractivity contribution in [3.05, 3.63) is 11.3 Å². The van der Waals surface area contributed by atoms with E-state index in [9.17, 15) is 13.2 Å². The number of sulfone groups is 1. The number of carbonyl (C=O) groups is 1. The van der Waals surface area contributed by atoms with Crippen LogP contribution in [0.2, 0.25) is 0 Å². The lowest BCUT2D eigenvalue weighted by Crippen LogP contribution is -2.45. The molecule has 0 aliphatic carbocycles. The van der Waals surface area contributed by atoms with Gasteiger partial charge >= 0.3 is 5.97 Å². The highest BCUT2D eigenvalue weighted by Gasteiger charge is 2.29. The molecule has 0 aromatic carbocycles. The maximum atomic E-state index is 12.5. The molecule has 0 amide bonds. The highest BCUT2D eigenvalue weighted by atomic mass is 32.2. The number of aryl methyl sites for hydroxylation is 1. The molecule has 144 valence electrons. The van der Waals surface area contributed by atoms with E-state index in [2.05, 4.69) is 20.2 Å². The Kier molecular flexibility index (Phi) is 5.61. The van der Waals surface area contributed by atoms with Crippen LogP contribution < -0.4 is 15.1 Å². The summed E-state index contributed by atoms with van der Waals surface area (Å²) in [5, 5.41) is 3.28. The zero-order chi connectivity index (χ0) is 18.7. The van der Waals surface area contributed by atoms with Crippen LogP contribution in [0.1, 0.15) is 23.0 Å². The first-order valence-electron chi connectivity index (χ1n) is 8.88. The van der Waals surface area contributed by atoms with E-state index in [1.54, 1.807) is 13.8 Å². The number of esters is 1. The summed E-state index contributed by atoms with van der Waals surface area (Å²) in [6.07, 6.45) is 0. The van der Waals surface area contributed by atoms with Crippen LogP contribution in [0.15, 0.2) is 0 Å². The normalized spacial score (nSPS) is 20.1. The number of hydrogen-bond acceptors (Lipinski definition) is 9. The minimum absolute atomic E-state index is 0.0568. The summed E-state index contributed by atoms with van der Waals surface area (Å²) in [5.41, 5.74) is 0.875. The highest BCUT2D eigenvalue weighted by molar-refractivity contribution is 7.91. The van der Waals surface area contributed by atoms with Gasteiger partial charge in [0, 0.05) is 39.3 Å². The molecule has 1 N–H and O–H groups in total. The summed E-state index contributed by atoms with van der Waals surface area (Å²) in [4.78, 5) is 25.6. The van der Waals surface area contributed by atoms with Gasteiger partial charge in [-0.15, -0.1) is 0 Å². The number of piperazine rings is 1. The topological polar surface area (TPSA) is 105 Å². The zero-order valence-corrected chi connectivity index (χ0v) is 16.0. The molecule has 0 saturated carbocycles. The molecule has 2 aliphatic heterocycles. The summed E-state index contributed by atoms with van der Waals surface area (Å²) >= 11 is 0. The van der Waals surface area contributed by atoms with Gasteiger partial charge < -0.3 is 19.9 Å². The van der Waals surface area contributed by atoms with Gasteiger partial charge in [0.15, 0.2) is 9.84 Å². The lowest BCUT2D eigenvalue weighted by atomic mass is 10.2. The third-order valence-electron chi connectivity index (χ3n) is 4.58. The molecule has 1 aromatic rings. The molecule has 0 radical (unpaired) electrons. The Morgan fingerprint density at radius 1 is 1.12 bits per heavy atom. The van der Waals surface area contributed by atoms with Crippen molar-refractivity contribution in [1.82, 2.24) is 15.3 Å². The van der Waals surface area contributed by atoms with E-state index in [0.717, 1.165) is 26.2 Å². The minimum Gasteiger partial charge on any atom is -0.462 e. The van der Waals surface area contributed by atoms with Gasteiger partial charge in [-0.25, -0.2) is 18.2 Å². The van der Waals surface area contributed by atoms with Crippen LogP contribution in [0, 0.1) is 6.92 Å². The number of nitrogens with zero attached hydrogens (tertiary/aromatic N) is 4. The van der Waals surface area contributed by atoms with Crippen molar-refractivity contribution >= 4 is 27.6 Å². The fraction of sp³-hybridized carbons (Fsp3) is 0.688. The van der Waals surface area contributed by atoms with Crippen LogP contribution in [-0.4, -0.2) is 81.7 Å². The third-order valence-corrected chi connectivity index (χ3v) is 6.19. The molecule has 26 heavy (non-hydrogen) atoms. The molecule has 2 fully saturated rings. The van der Waals surface area contributed by atoms with Gasteiger partial charge in [-0.2, -0.15) is 4.98 Å². The van der Waals surface area contributed by atoms with Crippen molar-refractivity contribution in [2.24, 2.45) is 0 Å². The van der Waals surface area contributed by atoms with E-state index in [-0.39, 0.29) is 18.1 Å². The molecule has 1 aromatic heterocycles. The van der Waals surface area contributed by atoms with Crippen LogP contribution in [0.3, 0.4) is 0 Å². The maximum Gasteiger partial charge on any atom is 0.343 e. The summed E-state index contributed by atoms with van der Waals surface area (Å²) in [6, 6.07) is 0. The predicted octanol–water partition coefficient (Wildman–Crippen LogP) is -0.394. The van der Waals surface area contributed by atoms with Gasteiger partial charge in [0.2, 0.25) is 5.95 Å². The van der Waals surface area contributed by atoms with E-state index in [1.165, 1.54) is 0 Å². The zero-order valence-electron chi connectivity index (χ0n) is 15.2. The van der Waals surface area contributed by atoms with Crippen LogP contribution in [0.4, 0.5) is 11.8 Å². The minimum atomic E-state index is -3.03. The molecule has 2 saturated heterocycles. The molecule has 0 bridgehead atoms. The van der Waals surface area contributed by atoms with Crippen LogP contribution in [0.5, 0.6) is 0 Å². The summed E-state index contributed by atoms with van der Waals surface area (Å²) in [5.74, 6) is 0.683. The van der Waals surface area contributed by atoms with Crippen LogP contribution in [0.25, 0.3) is 0 Å². The van der Waals surface area contributed by atoms with Crippen molar-refractivity contribution in [3.8, 4) is 0 Å². The second-order valence-corrected chi connectivity index (χ2v) is 8.71. The fourth-order valence-corrected chi connectivity index (χ4v) is 4.35. The van der Waals surface area contributed by atoms with E-state index in [0.29, 0.717) is 36.1 Å². The summed E-state index contributed by atoms with van der Waals surface area (Å²) in [7, 11) is -3.03. The van der Waals surface area contributed by atoms with Gasteiger partial charge in [-0.1, -0.05) is 0 Å². The Balaban J connectivity index is 1.99. The largest absolute Gasteiger partial charge is 0.462 e. The van der Waals surface area contributed by atoms with E-state index in [1.807, 2.05) is 4.90 Å². The molecule has 10 heteroatoms. The van der Waals surface area contributed by atoms with E-state index < -0.39 is 15.8 Å². The number of aromatic nitrogens is 2. The molecule has 3 heterocycles. The fourth-order valence-electron chi connectivity index (χ4n) is 3.14. The number of anilines is 2. The first kappa shape index (κ1) is 18.8. The highest BCUT2D eigenvalue weighted by Crippen LogP contribution is 2.26. The number of ether oxygens (including phenoxy) is 1. The van der Waals surface area contributed by atoms with Gasteiger partial charge in [0.05, 0.1) is 23.8 Å². The van der Waals surface area contributed by atoms with Crippen molar-refractivity contribution in [1.29, 1.82) is 0 Å². The molecule has 0 atom stereocenters. The van der Waals surface area contributed by atoms with Crippen LogP contribution in [-0.2, 0) is 14.6 Å². The average molecular weight is 383 g/mol. The number of carbonyl (C=O) groups excluding carboxylic acids is 1. The predicted molar refractivity (Wildman–Crippen MR) is 98.7 cm³/mol. The molecule has 2 aliphatic rings. The SMILES string of the molecule is CCOC(=O)c1c(C)nc(N2CCNCC2)nc1N1CCS(=O)(=O)CC1. The van der Waals surface area contributed by atoms with Crippen molar-refractivity contribution in [2.45, 2.75) is 13.8 Å². The average Bonchev–Trinajstić information content (AvgIpc) is 2.62. The maximum absolute atomic E-state index is 12.5. The second kappa shape index (κ2) is 7.75. The second-order valence-electron chi connectivity index (χ2n) is 6.40. The quantitative estimate of drug-likeness (QED) is 0.696. The molecule has 9 nitrogen and oxygen atoms in total. The standard InChI is InChI=1S/C16H25N5O4S/c1-3-25-15(22)13-12(2)18-16(21-6-4-17-5-7-21)19-14(13)20-8-10-26(23,24)11-9-20/h17H,3-11H2,1-2H3. The Morgan fingerprint density at radius 2 is 1.77 bits per heavy atom. The molecule has 3 rings (SSSR count). The Morgan fingerprint density at radius 3 is 2.38 bits per heavy atom. The van der Waals surface area contributed by atoms with Gasteiger partial charge in [0.25, 0.3) is 0 Å². The smallest absolute Gasteiger partial charge is 0.343 e. The Hall–Kier alpha value is -1.94. The van der Waals surface area contributed by atoms with Crippen LogP contribution >= 0.6 is 0 Å². The summed E-state index contributed by atoms with van der Waals surface area (Å²) < 4.78 is 28.7. The monoisotopic (exact) mass is 383 g/mol. The molecule has 0 spiro atoms. The first-order chi connectivity index (χ1) is 12.4. The number of hydrogen-bond donors (Lipinski definition) is 1. The molecular formula is C16H25N5O4S. The van der Waals surface area contributed by atoms with Crippen molar-refractivity contribution in [2.75, 3.05) is 67.2 Å². The van der Waals surface area contributed by atoms with Crippen molar-refractivity contribution < 1.29 is 17.9 Å². The molecule has 0 unspecified atom stereocenters. The first-order valence-corrected chi connectivity index (χ1v) is 10.7. The van der Waals surface area contributed by atoms with E-state index in [4.69, 9.17) is 4.74 Å². The summed E-state index contributed by atoms with van der Waals surface area (Å²) in [6.45, 7) is 7.65.